The van der Waals surface area contributed by atoms with Crippen molar-refractivity contribution in [2.45, 2.75) is 6.18 Å². The summed E-state index contributed by atoms with van der Waals surface area (Å²) in [6, 6.07) is 4.26. The van der Waals surface area contributed by atoms with Crippen molar-refractivity contribution >= 4 is 33.6 Å². The number of hydrogen-bond donors (Lipinski definition) is 2. The summed E-state index contributed by atoms with van der Waals surface area (Å²) in [5, 5.41) is 3.62. The molecule has 0 heterocycles. The van der Waals surface area contributed by atoms with Gasteiger partial charge in [0.25, 0.3) is 5.91 Å². The molecule has 0 fully saturated rings. The fourth-order valence-electron chi connectivity index (χ4n) is 1.86. The highest BCUT2D eigenvalue weighted by Crippen LogP contribution is 2.36. The minimum Gasteiger partial charge on any atom is -0.308 e. The first kappa shape index (κ1) is 18.8. The van der Waals surface area contributed by atoms with E-state index in [1.165, 1.54) is 0 Å². The Bertz CT molecular complexity index is 819. The summed E-state index contributed by atoms with van der Waals surface area (Å²) in [6.07, 6.45) is -4.67. The van der Waals surface area contributed by atoms with Crippen LogP contribution >= 0.6 is 15.9 Å². The number of halogens is 6. The van der Waals surface area contributed by atoms with Gasteiger partial charge in [0.15, 0.2) is 0 Å². The molecule has 132 valence electrons. The predicted molar refractivity (Wildman–Crippen MR) is 82.0 cm³/mol. The van der Waals surface area contributed by atoms with Crippen LogP contribution in [0.3, 0.4) is 0 Å². The van der Waals surface area contributed by atoms with Gasteiger partial charge in [-0.1, -0.05) is 22.0 Å². The normalized spacial score (nSPS) is 11.1. The van der Waals surface area contributed by atoms with Crippen LogP contribution in [0.5, 0.6) is 0 Å². The lowest BCUT2D eigenvalue weighted by Gasteiger charge is -2.12. The molecular weight excluding hydrogens is 415 g/mol. The van der Waals surface area contributed by atoms with Crippen LogP contribution in [-0.4, -0.2) is 11.9 Å². The second kappa shape index (κ2) is 7.18. The number of urea groups is 1. The molecule has 2 rings (SSSR count). The Morgan fingerprint density at radius 1 is 1.00 bits per heavy atom. The molecule has 0 saturated heterocycles. The number of hydrogen-bond acceptors (Lipinski definition) is 2. The van der Waals surface area contributed by atoms with E-state index in [0.29, 0.717) is 6.07 Å². The number of nitrogens with one attached hydrogen (secondary N) is 2. The molecule has 0 saturated carbocycles. The van der Waals surface area contributed by atoms with E-state index < -0.39 is 40.9 Å². The maximum Gasteiger partial charge on any atom is 0.417 e. The number of amides is 3. The monoisotopic (exact) mass is 422 g/mol. The Balaban J connectivity index is 2.14. The van der Waals surface area contributed by atoms with E-state index in [1.807, 2.05) is 5.32 Å². The van der Waals surface area contributed by atoms with Gasteiger partial charge in [-0.25, -0.2) is 13.6 Å². The average Bonchev–Trinajstić information content (AvgIpc) is 2.47. The van der Waals surface area contributed by atoms with Crippen LogP contribution in [0.2, 0.25) is 0 Å². The van der Waals surface area contributed by atoms with Gasteiger partial charge in [0, 0.05) is 10.2 Å². The topological polar surface area (TPSA) is 58.2 Å². The van der Waals surface area contributed by atoms with E-state index >= 15 is 0 Å². The van der Waals surface area contributed by atoms with Crippen LogP contribution in [0.1, 0.15) is 15.9 Å². The van der Waals surface area contributed by atoms with Crippen LogP contribution in [0, 0.1) is 11.6 Å². The van der Waals surface area contributed by atoms with E-state index in [9.17, 15) is 31.5 Å². The minimum atomic E-state index is -4.67. The van der Waals surface area contributed by atoms with Gasteiger partial charge in [0.05, 0.1) is 5.56 Å². The number of carbonyl (C=O) groups excluding carboxylic acids is 2. The zero-order chi connectivity index (χ0) is 18.8. The molecule has 3 amide bonds. The molecule has 0 atom stereocenters. The van der Waals surface area contributed by atoms with E-state index in [-0.39, 0.29) is 10.2 Å². The van der Waals surface area contributed by atoms with Crippen LogP contribution < -0.4 is 10.6 Å². The average molecular weight is 423 g/mol. The van der Waals surface area contributed by atoms with Gasteiger partial charge >= 0.3 is 12.2 Å². The Hall–Kier alpha value is -2.49. The smallest absolute Gasteiger partial charge is 0.308 e. The third-order valence-electron chi connectivity index (χ3n) is 2.95. The molecule has 0 spiro atoms. The number of alkyl halides is 3. The largest absolute Gasteiger partial charge is 0.417 e. The maximum atomic E-state index is 13.4. The van der Waals surface area contributed by atoms with E-state index in [0.717, 1.165) is 30.3 Å². The number of imide groups is 1. The molecule has 0 aliphatic heterocycles. The van der Waals surface area contributed by atoms with Gasteiger partial charge in [-0.2, -0.15) is 13.2 Å². The third kappa shape index (κ3) is 4.53. The summed E-state index contributed by atoms with van der Waals surface area (Å²) in [5.41, 5.74) is -2.30. The molecule has 0 radical (unpaired) electrons. The van der Waals surface area contributed by atoms with Crippen molar-refractivity contribution in [2.24, 2.45) is 0 Å². The molecule has 0 aliphatic carbocycles. The molecule has 2 aromatic carbocycles. The van der Waals surface area contributed by atoms with Crippen LogP contribution in [0.25, 0.3) is 0 Å². The summed E-state index contributed by atoms with van der Waals surface area (Å²) in [7, 11) is 0. The third-order valence-corrected chi connectivity index (χ3v) is 3.64. The predicted octanol–water partition coefficient (Wildman–Crippen LogP) is 4.71. The summed E-state index contributed by atoms with van der Waals surface area (Å²) >= 11 is 2.73. The molecule has 2 aromatic rings. The van der Waals surface area contributed by atoms with E-state index in [4.69, 9.17) is 0 Å². The molecule has 10 heteroatoms. The highest BCUT2D eigenvalue weighted by atomic mass is 79.9. The van der Waals surface area contributed by atoms with Gasteiger partial charge in [0.2, 0.25) is 0 Å². The van der Waals surface area contributed by atoms with Crippen molar-refractivity contribution in [2.75, 3.05) is 5.32 Å². The van der Waals surface area contributed by atoms with Gasteiger partial charge in [0.1, 0.15) is 17.2 Å². The Morgan fingerprint density at radius 2 is 1.60 bits per heavy atom. The summed E-state index contributed by atoms with van der Waals surface area (Å²) in [6.45, 7) is 0. The quantitative estimate of drug-likeness (QED) is 0.688. The second-order valence-corrected chi connectivity index (χ2v) is 5.55. The summed E-state index contributed by atoms with van der Waals surface area (Å²) in [5.74, 6) is -3.75. The van der Waals surface area contributed by atoms with Crippen molar-refractivity contribution in [3.05, 3.63) is 63.6 Å². The molecule has 2 N–H and O–H groups in total. The lowest BCUT2D eigenvalue weighted by molar-refractivity contribution is -0.138. The first-order valence-corrected chi connectivity index (χ1v) is 7.32. The molecular formula is C15H8BrF5N2O2. The van der Waals surface area contributed by atoms with Gasteiger partial charge < -0.3 is 5.32 Å². The number of anilines is 1. The molecule has 0 aliphatic rings. The van der Waals surface area contributed by atoms with Gasteiger partial charge in [-0.3, -0.25) is 10.1 Å². The van der Waals surface area contributed by atoms with E-state index in [2.05, 4.69) is 15.9 Å². The van der Waals surface area contributed by atoms with Gasteiger partial charge in [-0.05, 0) is 30.3 Å². The zero-order valence-electron chi connectivity index (χ0n) is 12.0. The van der Waals surface area contributed by atoms with Gasteiger partial charge in [-0.15, -0.1) is 0 Å². The summed E-state index contributed by atoms with van der Waals surface area (Å²) in [4.78, 5) is 23.4. The lowest BCUT2D eigenvalue weighted by atomic mass is 10.2. The lowest BCUT2D eigenvalue weighted by Crippen LogP contribution is -2.35. The van der Waals surface area contributed by atoms with Crippen LogP contribution in [0.15, 0.2) is 40.9 Å². The van der Waals surface area contributed by atoms with Crippen molar-refractivity contribution in [1.29, 1.82) is 0 Å². The fraction of sp³-hybridized carbons (Fsp3) is 0.0667. The molecule has 25 heavy (non-hydrogen) atoms. The first-order chi connectivity index (χ1) is 11.6. The standard InChI is InChI=1S/C15H8BrF5N2O2/c16-9-5-4-7(6-8(9)15(19,20)21)22-14(25)23-13(24)12-10(17)2-1-3-11(12)18/h1-6H,(H2,22,23,24,25). The van der Waals surface area contributed by atoms with Crippen molar-refractivity contribution in [3.8, 4) is 0 Å². The van der Waals surface area contributed by atoms with Crippen molar-refractivity contribution in [1.82, 2.24) is 5.32 Å². The fourth-order valence-corrected chi connectivity index (χ4v) is 2.33. The van der Waals surface area contributed by atoms with Crippen molar-refractivity contribution < 1.29 is 31.5 Å². The highest BCUT2D eigenvalue weighted by molar-refractivity contribution is 9.10. The number of benzene rings is 2. The molecule has 4 nitrogen and oxygen atoms in total. The highest BCUT2D eigenvalue weighted by Gasteiger charge is 2.33. The van der Waals surface area contributed by atoms with Crippen LogP contribution in [-0.2, 0) is 6.18 Å². The maximum absolute atomic E-state index is 13.4. The summed E-state index contributed by atoms with van der Waals surface area (Å²) < 4.78 is 65.0. The second-order valence-electron chi connectivity index (χ2n) is 4.70. The molecule has 0 unspecified atom stereocenters. The zero-order valence-corrected chi connectivity index (χ0v) is 13.6. The SMILES string of the molecule is O=C(NC(=O)c1c(F)cccc1F)Nc1ccc(Br)c(C(F)(F)F)c1. The number of carbonyl (C=O) groups is 2. The van der Waals surface area contributed by atoms with Crippen LogP contribution in [0.4, 0.5) is 32.4 Å². The first-order valence-electron chi connectivity index (χ1n) is 6.52. The Labute approximate surface area is 146 Å². The number of rotatable bonds is 2. The molecule has 0 bridgehead atoms. The van der Waals surface area contributed by atoms with E-state index in [1.54, 1.807) is 5.32 Å². The Morgan fingerprint density at radius 3 is 2.16 bits per heavy atom. The van der Waals surface area contributed by atoms with Crippen molar-refractivity contribution in [3.63, 3.8) is 0 Å². The molecule has 0 aromatic heterocycles. The minimum absolute atomic E-state index is 0.240. The Kier molecular flexibility index (Phi) is 5.41.